The Bertz CT molecular complexity index is 533. The van der Waals surface area contributed by atoms with Crippen LogP contribution in [0.5, 0.6) is 5.75 Å². The maximum atomic E-state index is 11.2. The predicted molar refractivity (Wildman–Crippen MR) is 77.3 cm³/mol. The van der Waals surface area contributed by atoms with Gasteiger partial charge >= 0.3 is 0 Å². The van der Waals surface area contributed by atoms with Crippen LogP contribution in [0.1, 0.15) is 20.3 Å². The summed E-state index contributed by atoms with van der Waals surface area (Å²) in [7, 11) is 0. The molecule has 110 valence electrons. The van der Waals surface area contributed by atoms with Gasteiger partial charge in [0.05, 0.1) is 27.1 Å². The molecule has 0 aromatic heterocycles. The molecule has 7 nitrogen and oxygen atoms in total. The number of rotatable bonds is 6. The highest BCUT2D eigenvalue weighted by Crippen LogP contribution is 2.30. The third-order valence-corrected chi connectivity index (χ3v) is 3.38. The number of carbonyl (C=O) groups is 1. The molecule has 0 aliphatic rings. The van der Waals surface area contributed by atoms with Crippen molar-refractivity contribution in [3.63, 3.8) is 0 Å². The first-order valence-corrected chi connectivity index (χ1v) is 6.62. The second-order valence-corrected chi connectivity index (χ2v) is 5.64. The van der Waals surface area contributed by atoms with Crippen molar-refractivity contribution in [2.75, 3.05) is 0 Å². The van der Waals surface area contributed by atoms with Crippen LogP contribution in [-0.2, 0) is 4.79 Å². The van der Waals surface area contributed by atoms with E-state index < -0.39 is 22.5 Å². The average Bonchev–Trinajstić information content (AvgIpc) is 2.30. The molecule has 20 heavy (non-hydrogen) atoms. The molecule has 0 bridgehead atoms. The van der Waals surface area contributed by atoms with E-state index in [1.54, 1.807) is 6.92 Å². The van der Waals surface area contributed by atoms with Gasteiger partial charge < -0.3 is 16.2 Å². The van der Waals surface area contributed by atoms with E-state index >= 15 is 0 Å². The van der Waals surface area contributed by atoms with Gasteiger partial charge in [-0.3, -0.25) is 14.9 Å². The van der Waals surface area contributed by atoms with E-state index in [-0.39, 0.29) is 12.1 Å². The van der Waals surface area contributed by atoms with Crippen LogP contribution in [0.3, 0.4) is 0 Å². The average molecular weight is 346 g/mol. The number of benzene rings is 1. The van der Waals surface area contributed by atoms with Gasteiger partial charge in [-0.25, -0.2) is 0 Å². The van der Waals surface area contributed by atoms with Crippen molar-refractivity contribution >= 4 is 27.5 Å². The van der Waals surface area contributed by atoms with Gasteiger partial charge in [-0.2, -0.15) is 0 Å². The van der Waals surface area contributed by atoms with Crippen molar-refractivity contribution < 1.29 is 14.5 Å². The number of nitrogens with two attached hydrogens (primary N) is 2. The fraction of sp³-hybridized carbons (Fsp3) is 0.417. The minimum Gasteiger partial charge on any atom is -0.489 e. The summed E-state index contributed by atoms with van der Waals surface area (Å²) in [5, 5.41) is 10.7. The lowest BCUT2D eigenvalue weighted by Crippen LogP contribution is -2.51. The zero-order valence-corrected chi connectivity index (χ0v) is 12.7. The lowest BCUT2D eigenvalue weighted by molar-refractivity contribution is -0.385. The molecule has 4 N–H and O–H groups in total. The Hall–Kier alpha value is -1.67. The van der Waals surface area contributed by atoms with E-state index in [1.165, 1.54) is 25.1 Å². The Labute approximate surface area is 124 Å². The van der Waals surface area contributed by atoms with Crippen molar-refractivity contribution in [1.82, 2.24) is 0 Å². The van der Waals surface area contributed by atoms with Crippen LogP contribution >= 0.6 is 15.9 Å². The minimum absolute atomic E-state index is 0.0826. The molecular weight excluding hydrogens is 330 g/mol. The molecule has 0 fully saturated rings. The first-order chi connectivity index (χ1) is 9.13. The summed E-state index contributed by atoms with van der Waals surface area (Å²) in [6, 6.07) is 4.19. The summed E-state index contributed by atoms with van der Waals surface area (Å²) in [6.07, 6.45) is -0.243. The van der Waals surface area contributed by atoms with Crippen LogP contribution in [0, 0.1) is 10.1 Å². The van der Waals surface area contributed by atoms with E-state index in [9.17, 15) is 14.9 Å². The highest BCUT2D eigenvalue weighted by molar-refractivity contribution is 9.10. The Kier molecular flexibility index (Phi) is 5.07. The van der Waals surface area contributed by atoms with Gasteiger partial charge in [-0.05, 0) is 35.8 Å². The van der Waals surface area contributed by atoms with Gasteiger partial charge in [0.25, 0.3) is 5.69 Å². The summed E-state index contributed by atoms with van der Waals surface area (Å²) in [6.45, 7) is 3.22. The smallest absolute Gasteiger partial charge is 0.273 e. The standard InChI is InChI=1S/C12H16BrN3O4/c1-7(6-12(2,15)11(14)17)20-10-5-8(16(18)19)3-4-9(10)13/h3-5,7H,6,15H2,1-2H3,(H2,14,17). The molecule has 0 aliphatic heterocycles. The molecule has 0 heterocycles. The zero-order valence-electron chi connectivity index (χ0n) is 11.1. The number of amides is 1. The summed E-state index contributed by atoms with van der Waals surface area (Å²) >= 11 is 3.25. The van der Waals surface area contributed by atoms with Gasteiger partial charge in [0.15, 0.2) is 0 Å². The number of carbonyl (C=O) groups excluding carboxylic acids is 1. The molecule has 0 radical (unpaired) electrons. The highest BCUT2D eigenvalue weighted by Gasteiger charge is 2.29. The number of nitrogens with zero attached hydrogens (tertiary/aromatic N) is 1. The third kappa shape index (κ3) is 4.17. The number of ether oxygens (including phenoxy) is 1. The van der Waals surface area contributed by atoms with Crippen molar-refractivity contribution in [3.8, 4) is 5.75 Å². The number of nitro benzene ring substituents is 1. The van der Waals surface area contributed by atoms with Crippen molar-refractivity contribution in [3.05, 3.63) is 32.8 Å². The van der Waals surface area contributed by atoms with Crippen LogP contribution in [0.4, 0.5) is 5.69 Å². The molecule has 0 saturated heterocycles. The second kappa shape index (κ2) is 6.19. The molecule has 1 aromatic rings. The number of hydrogen-bond acceptors (Lipinski definition) is 5. The number of primary amides is 1. The predicted octanol–water partition coefficient (Wildman–Crippen LogP) is 1.72. The highest BCUT2D eigenvalue weighted by atomic mass is 79.9. The normalized spacial score (nSPS) is 15.2. The van der Waals surface area contributed by atoms with Crippen LogP contribution in [0.25, 0.3) is 0 Å². The monoisotopic (exact) mass is 345 g/mol. The fourth-order valence-electron chi connectivity index (χ4n) is 1.65. The summed E-state index contributed by atoms with van der Waals surface area (Å²) in [4.78, 5) is 21.4. The van der Waals surface area contributed by atoms with Gasteiger partial charge in [0.2, 0.25) is 5.91 Å². The molecule has 1 aromatic carbocycles. The Morgan fingerprint density at radius 2 is 2.20 bits per heavy atom. The number of nitro groups is 1. The van der Waals surface area contributed by atoms with E-state index in [1.807, 2.05) is 0 Å². The zero-order chi connectivity index (χ0) is 15.5. The fourth-order valence-corrected chi connectivity index (χ4v) is 1.99. The Morgan fingerprint density at radius 3 is 2.70 bits per heavy atom. The summed E-state index contributed by atoms with van der Waals surface area (Å²) < 4.78 is 6.16. The van der Waals surface area contributed by atoms with E-state index in [2.05, 4.69) is 15.9 Å². The topological polar surface area (TPSA) is 121 Å². The second-order valence-electron chi connectivity index (χ2n) is 4.79. The minimum atomic E-state index is -1.20. The quantitative estimate of drug-likeness (QED) is 0.600. The van der Waals surface area contributed by atoms with Crippen molar-refractivity contribution in [1.29, 1.82) is 0 Å². The lowest BCUT2D eigenvalue weighted by Gasteiger charge is -2.25. The molecule has 2 atom stereocenters. The van der Waals surface area contributed by atoms with E-state index in [4.69, 9.17) is 16.2 Å². The van der Waals surface area contributed by atoms with Crippen LogP contribution in [0.15, 0.2) is 22.7 Å². The maximum absolute atomic E-state index is 11.2. The summed E-state index contributed by atoms with van der Waals surface area (Å²) in [5.41, 5.74) is 9.66. The molecule has 2 unspecified atom stereocenters. The molecule has 0 aliphatic carbocycles. The van der Waals surface area contributed by atoms with Crippen molar-refractivity contribution in [2.45, 2.75) is 31.9 Å². The maximum Gasteiger partial charge on any atom is 0.273 e. The first kappa shape index (κ1) is 16.4. The molecule has 1 rings (SSSR count). The van der Waals surface area contributed by atoms with Gasteiger partial charge in [0, 0.05) is 12.5 Å². The largest absolute Gasteiger partial charge is 0.489 e. The number of hydrogen-bond donors (Lipinski definition) is 2. The molecular formula is C12H16BrN3O4. The molecule has 0 spiro atoms. The van der Waals surface area contributed by atoms with Crippen molar-refractivity contribution in [2.24, 2.45) is 11.5 Å². The van der Waals surface area contributed by atoms with E-state index in [0.717, 1.165) is 0 Å². The molecule has 0 saturated carbocycles. The summed E-state index contributed by atoms with van der Waals surface area (Å²) in [5.74, 6) is -0.321. The number of halogens is 1. The van der Waals surface area contributed by atoms with Crippen LogP contribution < -0.4 is 16.2 Å². The van der Waals surface area contributed by atoms with Crippen LogP contribution in [-0.4, -0.2) is 22.5 Å². The van der Waals surface area contributed by atoms with Gasteiger partial charge in [0.1, 0.15) is 5.75 Å². The first-order valence-electron chi connectivity index (χ1n) is 5.83. The third-order valence-electron chi connectivity index (χ3n) is 2.73. The Balaban J connectivity index is 2.85. The number of non-ortho nitro benzene ring substituents is 1. The molecule has 8 heteroatoms. The molecule has 1 amide bonds. The SMILES string of the molecule is CC(CC(C)(N)C(N)=O)Oc1cc([N+](=O)[O-])ccc1Br. The Morgan fingerprint density at radius 1 is 1.60 bits per heavy atom. The van der Waals surface area contributed by atoms with Gasteiger partial charge in [-0.15, -0.1) is 0 Å². The van der Waals surface area contributed by atoms with E-state index in [0.29, 0.717) is 10.2 Å². The van der Waals surface area contributed by atoms with Gasteiger partial charge in [-0.1, -0.05) is 0 Å². The van der Waals surface area contributed by atoms with Crippen LogP contribution in [0.2, 0.25) is 0 Å². The lowest BCUT2D eigenvalue weighted by atomic mass is 9.95.